The Hall–Kier alpha value is -1.73. The van der Waals surface area contributed by atoms with Crippen LogP contribution in [-0.4, -0.2) is 51.2 Å². The van der Waals surface area contributed by atoms with E-state index in [4.69, 9.17) is 9.15 Å². The van der Waals surface area contributed by atoms with Gasteiger partial charge in [-0.25, -0.2) is 0 Å². The third-order valence-corrected chi connectivity index (χ3v) is 5.41. The maximum atomic E-state index is 5.90. The summed E-state index contributed by atoms with van der Waals surface area (Å²) in [5, 5.41) is 12.9. The van der Waals surface area contributed by atoms with Crippen LogP contribution in [0.5, 0.6) is 0 Å². The van der Waals surface area contributed by atoms with Gasteiger partial charge in [0.25, 0.3) is 0 Å². The molecule has 2 saturated heterocycles. The van der Waals surface area contributed by atoms with Crippen molar-refractivity contribution in [3.63, 3.8) is 0 Å². The molecule has 0 amide bonds. The van der Waals surface area contributed by atoms with Gasteiger partial charge in [-0.1, -0.05) is 0 Å². The predicted octanol–water partition coefficient (Wildman–Crippen LogP) is 2.56. The van der Waals surface area contributed by atoms with Crippen molar-refractivity contribution in [3.8, 4) is 0 Å². The molecule has 0 spiro atoms. The van der Waals surface area contributed by atoms with Gasteiger partial charge in [0.1, 0.15) is 0 Å². The molecule has 2 aromatic heterocycles. The number of rotatable bonds is 5. The zero-order valence-corrected chi connectivity index (χ0v) is 14.9. The van der Waals surface area contributed by atoms with Crippen LogP contribution in [0.3, 0.4) is 0 Å². The molecule has 2 aromatic rings. The molecule has 2 aliphatic heterocycles. The molecule has 1 unspecified atom stereocenters. The minimum Gasteiger partial charge on any atom is -0.423 e. The minimum atomic E-state index is 0.273. The molecule has 4 rings (SSSR count). The molecule has 0 N–H and O–H groups in total. The summed E-state index contributed by atoms with van der Waals surface area (Å²) in [5.74, 6) is 2.36. The van der Waals surface area contributed by atoms with Gasteiger partial charge in [-0.2, -0.15) is 5.10 Å². The zero-order valence-electron chi connectivity index (χ0n) is 14.9. The van der Waals surface area contributed by atoms with Crippen molar-refractivity contribution in [2.24, 2.45) is 0 Å². The monoisotopic (exact) mass is 345 g/mol. The van der Waals surface area contributed by atoms with Crippen LogP contribution in [0.2, 0.25) is 0 Å². The lowest BCUT2D eigenvalue weighted by molar-refractivity contribution is 0.0716. The molecule has 0 radical (unpaired) electrons. The Morgan fingerprint density at radius 1 is 1.16 bits per heavy atom. The SMILES string of the molecule is CCn1nccc1C1CCN(Cc2nnc(C3CCCOC3)o2)CC1. The molecule has 2 aliphatic rings. The Balaban J connectivity index is 1.31. The van der Waals surface area contributed by atoms with Crippen molar-refractivity contribution >= 4 is 0 Å². The first-order chi connectivity index (χ1) is 12.3. The van der Waals surface area contributed by atoms with Gasteiger partial charge < -0.3 is 9.15 Å². The molecule has 0 aliphatic carbocycles. The Kier molecular flexibility index (Phi) is 5.12. The average Bonchev–Trinajstić information content (AvgIpc) is 3.32. The Labute approximate surface area is 148 Å². The highest BCUT2D eigenvalue weighted by Gasteiger charge is 2.25. The molecule has 4 heterocycles. The second-order valence-electron chi connectivity index (χ2n) is 7.07. The van der Waals surface area contributed by atoms with Crippen molar-refractivity contribution < 1.29 is 9.15 Å². The number of ether oxygens (including phenoxy) is 1. The van der Waals surface area contributed by atoms with Crippen LogP contribution in [0.4, 0.5) is 0 Å². The van der Waals surface area contributed by atoms with E-state index >= 15 is 0 Å². The van der Waals surface area contributed by atoms with Gasteiger partial charge in [0, 0.05) is 31.0 Å². The molecule has 2 fully saturated rings. The molecular weight excluding hydrogens is 318 g/mol. The van der Waals surface area contributed by atoms with E-state index in [1.54, 1.807) is 0 Å². The first-order valence-electron chi connectivity index (χ1n) is 9.47. The van der Waals surface area contributed by atoms with Crippen molar-refractivity contribution in [2.75, 3.05) is 26.3 Å². The molecule has 0 aromatic carbocycles. The highest BCUT2D eigenvalue weighted by atomic mass is 16.5. The fourth-order valence-corrected chi connectivity index (χ4v) is 3.96. The predicted molar refractivity (Wildman–Crippen MR) is 92.2 cm³/mol. The third kappa shape index (κ3) is 3.77. The van der Waals surface area contributed by atoms with Crippen LogP contribution >= 0.6 is 0 Å². The van der Waals surface area contributed by atoms with Crippen molar-refractivity contribution in [1.29, 1.82) is 0 Å². The van der Waals surface area contributed by atoms with E-state index in [9.17, 15) is 0 Å². The largest absolute Gasteiger partial charge is 0.423 e. The number of aromatic nitrogens is 4. The van der Waals surface area contributed by atoms with Crippen molar-refractivity contribution in [1.82, 2.24) is 24.9 Å². The summed E-state index contributed by atoms with van der Waals surface area (Å²) >= 11 is 0. The van der Waals surface area contributed by atoms with Crippen LogP contribution in [0, 0.1) is 0 Å². The van der Waals surface area contributed by atoms with Crippen molar-refractivity contribution in [3.05, 3.63) is 29.7 Å². The summed E-state index contributed by atoms with van der Waals surface area (Å²) in [6.45, 7) is 7.52. The van der Waals surface area contributed by atoms with Gasteiger partial charge in [0.05, 0.1) is 19.1 Å². The average molecular weight is 345 g/mol. The van der Waals surface area contributed by atoms with E-state index in [0.29, 0.717) is 12.5 Å². The lowest BCUT2D eigenvalue weighted by Crippen LogP contribution is -2.33. The number of likely N-dealkylation sites (tertiary alicyclic amines) is 1. The Bertz CT molecular complexity index is 669. The van der Waals surface area contributed by atoms with E-state index in [-0.39, 0.29) is 5.92 Å². The fourth-order valence-electron chi connectivity index (χ4n) is 3.96. The quantitative estimate of drug-likeness (QED) is 0.829. The van der Waals surface area contributed by atoms with Crippen LogP contribution in [0.25, 0.3) is 0 Å². The molecule has 0 bridgehead atoms. The second-order valence-corrected chi connectivity index (χ2v) is 7.07. The number of hydrogen-bond acceptors (Lipinski definition) is 6. The fraction of sp³-hybridized carbons (Fsp3) is 0.722. The second kappa shape index (κ2) is 7.66. The first kappa shape index (κ1) is 16.7. The highest BCUT2D eigenvalue weighted by molar-refractivity contribution is 5.09. The maximum Gasteiger partial charge on any atom is 0.230 e. The topological polar surface area (TPSA) is 69.2 Å². The lowest BCUT2D eigenvalue weighted by Gasteiger charge is -2.31. The molecular formula is C18H27N5O2. The van der Waals surface area contributed by atoms with Gasteiger partial charge in [0.15, 0.2) is 0 Å². The van der Waals surface area contributed by atoms with Crippen LogP contribution in [-0.2, 0) is 17.8 Å². The standard InChI is InChI=1S/C18H27N5O2/c1-2-23-16(5-8-19-23)14-6-9-22(10-7-14)12-17-20-21-18(25-17)15-4-3-11-24-13-15/h5,8,14-15H,2-4,6-7,9-13H2,1H3. The van der Waals surface area contributed by atoms with E-state index in [2.05, 4.69) is 37.9 Å². The Morgan fingerprint density at radius 2 is 2.04 bits per heavy atom. The lowest BCUT2D eigenvalue weighted by atomic mass is 9.93. The summed E-state index contributed by atoms with van der Waals surface area (Å²) in [6.07, 6.45) is 6.38. The number of piperidine rings is 1. The molecule has 7 heteroatoms. The van der Waals surface area contributed by atoms with Gasteiger partial charge in [-0.3, -0.25) is 9.58 Å². The normalized spacial score (nSPS) is 23.2. The van der Waals surface area contributed by atoms with Crippen LogP contribution in [0.1, 0.15) is 61.9 Å². The van der Waals surface area contributed by atoms with Crippen LogP contribution in [0.15, 0.2) is 16.7 Å². The van der Waals surface area contributed by atoms with Gasteiger partial charge >= 0.3 is 0 Å². The van der Waals surface area contributed by atoms with Crippen molar-refractivity contribution in [2.45, 2.75) is 57.5 Å². The molecule has 0 saturated carbocycles. The van der Waals surface area contributed by atoms with Gasteiger partial charge in [0.2, 0.25) is 11.8 Å². The highest BCUT2D eigenvalue weighted by Crippen LogP contribution is 2.29. The van der Waals surface area contributed by atoms with E-state index in [1.165, 1.54) is 5.69 Å². The Morgan fingerprint density at radius 3 is 2.80 bits per heavy atom. The molecule has 1 atom stereocenters. The smallest absolute Gasteiger partial charge is 0.230 e. The molecule has 136 valence electrons. The first-order valence-corrected chi connectivity index (χ1v) is 9.47. The third-order valence-electron chi connectivity index (χ3n) is 5.41. The number of nitrogens with zero attached hydrogens (tertiary/aromatic N) is 5. The summed E-state index contributed by atoms with van der Waals surface area (Å²) in [5.41, 5.74) is 1.37. The van der Waals surface area contributed by atoms with E-state index in [0.717, 1.165) is 70.3 Å². The number of hydrogen-bond donors (Lipinski definition) is 0. The summed E-state index contributed by atoms with van der Waals surface area (Å²) < 4.78 is 13.5. The summed E-state index contributed by atoms with van der Waals surface area (Å²) in [6, 6.07) is 2.17. The zero-order chi connectivity index (χ0) is 17.1. The van der Waals surface area contributed by atoms with Gasteiger partial charge in [-0.05, 0) is 51.8 Å². The molecule has 7 nitrogen and oxygen atoms in total. The number of aryl methyl sites for hydroxylation is 1. The van der Waals surface area contributed by atoms with E-state index < -0.39 is 0 Å². The van der Waals surface area contributed by atoms with E-state index in [1.807, 2.05) is 6.20 Å². The van der Waals surface area contributed by atoms with Crippen LogP contribution < -0.4 is 0 Å². The summed E-state index contributed by atoms with van der Waals surface area (Å²) in [4.78, 5) is 2.41. The van der Waals surface area contributed by atoms with Gasteiger partial charge in [-0.15, -0.1) is 10.2 Å². The molecule has 25 heavy (non-hydrogen) atoms. The minimum absolute atomic E-state index is 0.273. The summed E-state index contributed by atoms with van der Waals surface area (Å²) in [7, 11) is 0. The maximum absolute atomic E-state index is 5.90.